The third kappa shape index (κ3) is 3.33. The lowest BCUT2D eigenvalue weighted by atomic mass is 9.70. The summed E-state index contributed by atoms with van der Waals surface area (Å²) in [4.78, 5) is 12.0. The van der Waals surface area contributed by atoms with Crippen LogP contribution in [0.15, 0.2) is 36.4 Å². The molecule has 1 aromatic carbocycles. The highest BCUT2D eigenvalue weighted by Crippen LogP contribution is 2.40. The van der Waals surface area contributed by atoms with Crippen LogP contribution in [0.4, 0.5) is 0 Å². The first-order valence-electron chi connectivity index (χ1n) is 7.62. The molecular weight excluding hydrogens is 280 g/mol. The lowest BCUT2D eigenvalue weighted by Crippen LogP contribution is -2.49. The number of carbonyl (C=O) groups excluding carboxylic acids is 1. The average Bonchev–Trinajstić information content (AvgIpc) is 2.54. The molecule has 22 heavy (non-hydrogen) atoms. The molecule has 0 aliphatic heterocycles. The highest BCUT2D eigenvalue weighted by Gasteiger charge is 2.47. The third-order valence-corrected chi connectivity index (χ3v) is 4.54. The van der Waals surface area contributed by atoms with E-state index in [1.807, 2.05) is 24.3 Å². The normalized spacial score (nSPS) is 24.9. The van der Waals surface area contributed by atoms with E-state index in [2.05, 4.69) is 6.58 Å². The molecule has 0 heterocycles. The van der Waals surface area contributed by atoms with E-state index in [9.17, 15) is 9.90 Å². The molecule has 0 amide bonds. The van der Waals surface area contributed by atoms with E-state index in [0.29, 0.717) is 12.8 Å². The van der Waals surface area contributed by atoms with Gasteiger partial charge in [0.05, 0.1) is 14.2 Å². The summed E-state index contributed by atoms with van der Waals surface area (Å²) in [5.41, 5.74) is 0.648. The van der Waals surface area contributed by atoms with Gasteiger partial charge in [-0.05, 0) is 49.8 Å². The largest absolute Gasteiger partial charge is 0.497 e. The summed E-state index contributed by atoms with van der Waals surface area (Å²) in [7, 11) is 2.95. The maximum Gasteiger partial charge on any atom is 0.338 e. The van der Waals surface area contributed by atoms with E-state index in [1.165, 1.54) is 7.11 Å². The van der Waals surface area contributed by atoms with Crippen molar-refractivity contribution in [3.8, 4) is 5.75 Å². The number of benzene rings is 1. The minimum atomic E-state index is -1.43. The van der Waals surface area contributed by atoms with Gasteiger partial charge in [-0.3, -0.25) is 0 Å². The molecular formula is C18H24O4. The molecule has 0 aromatic heterocycles. The van der Waals surface area contributed by atoms with Crippen LogP contribution in [0, 0.1) is 5.92 Å². The van der Waals surface area contributed by atoms with Crippen LogP contribution >= 0.6 is 0 Å². The van der Waals surface area contributed by atoms with E-state index in [0.717, 1.165) is 36.1 Å². The molecule has 0 spiro atoms. The smallest absolute Gasteiger partial charge is 0.338 e. The third-order valence-electron chi connectivity index (χ3n) is 4.54. The summed E-state index contributed by atoms with van der Waals surface area (Å²) in [6.07, 6.45) is 3.51. The van der Waals surface area contributed by atoms with Crippen LogP contribution in [-0.2, 0) is 16.0 Å². The van der Waals surface area contributed by atoms with Gasteiger partial charge in [-0.2, -0.15) is 0 Å². The van der Waals surface area contributed by atoms with Crippen molar-refractivity contribution in [2.75, 3.05) is 14.2 Å². The Kier molecular flexibility index (Phi) is 5.24. The molecule has 0 unspecified atom stereocenters. The number of esters is 1. The van der Waals surface area contributed by atoms with Crippen LogP contribution < -0.4 is 4.74 Å². The summed E-state index contributed by atoms with van der Waals surface area (Å²) in [5, 5.41) is 10.8. The Hall–Kier alpha value is -1.81. The molecule has 4 nitrogen and oxygen atoms in total. The molecule has 1 fully saturated rings. The molecule has 0 radical (unpaired) electrons. The highest BCUT2D eigenvalue weighted by atomic mass is 16.5. The van der Waals surface area contributed by atoms with Crippen molar-refractivity contribution in [2.45, 2.75) is 37.7 Å². The summed E-state index contributed by atoms with van der Waals surface area (Å²) < 4.78 is 9.95. The standard InChI is InChI=1S/C18H24O4/c1-13-5-4-12-18(20,17(19)22-3)16(13)11-8-14-6-9-15(21-2)10-7-14/h6-7,9-10,16,20H,1,4-5,8,11-12H2,2-3H3/t16-,18+/m1/s1. The van der Waals surface area contributed by atoms with Crippen LogP contribution in [-0.4, -0.2) is 30.9 Å². The molecule has 1 N–H and O–H groups in total. The molecule has 1 aromatic rings. The van der Waals surface area contributed by atoms with E-state index >= 15 is 0 Å². The number of hydrogen-bond donors (Lipinski definition) is 1. The van der Waals surface area contributed by atoms with Crippen LogP contribution in [0.2, 0.25) is 0 Å². The Morgan fingerprint density at radius 2 is 2.05 bits per heavy atom. The predicted octanol–water partition coefficient (Wildman–Crippen LogP) is 2.89. The summed E-state index contributed by atoms with van der Waals surface area (Å²) in [6, 6.07) is 7.83. The van der Waals surface area contributed by atoms with Gasteiger partial charge >= 0.3 is 5.97 Å². The Morgan fingerprint density at radius 3 is 2.64 bits per heavy atom. The monoisotopic (exact) mass is 304 g/mol. The molecule has 1 aliphatic rings. The van der Waals surface area contributed by atoms with E-state index in [-0.39, 0.29) is 5.92 Å². The zero-order valence-corrected chi connectivity index (χ0v) is 13.3. The van der Waals surface area contributed by atoms with Crippen molar-refractivity contribution in [2.24, 2.45) is 5.92 Å². The average molecular weight is 304 g/mol. The maximum absolute atomic E-state index is 12.0. The van der Waals surface area contributed by atoms with Gasteiger partial charge < -0.3 is 14.6 Å². The highest BCUT2D eigenvalue weighted by molar-refractivity contribution is 5.80. The van der Waals surface area contributed by atoms with Crippen molar-refractivity contribution in [3.05, 3.63) is 42.0 Å². The van der Waals surface area contributed by atoms with Crippen molar-refractivity contribution >= 4 is 5.97 Å². The first-order chi connectivity index (χ1) is 10.5. The number of rotatable bonds is 5. The second kappa shape index (κ2) is 6.97. The summed E-state index contributed by atoms with van der Waals surface area (Å²) >= 11 is 0. The quantitative estimate of drug-likeness (QED) is 0.671. The van der Waals surface area contributed by atoms with Gasteiger partial charge in [-0.25, -0.2) is 4.79 Å². The lowest BCUT2D eigenvalue weighted by Gasteiger charge is -2.39. The number of hydrogen-bond acceptors (Lipinski definition) is 4. The Labute approximate surface area is 131 Å². The Morgan fingerprint density at radius 1 is 1.36 bits per heavy atom. The SMILES string of the molecule is C=C1CCC[C@@](O)(C(=O)OC)[C@@H]1CCc1ccc(OC)cc1. The molecule has 2 rings (SSSR count). The zero-order chi connectivity index (χ0) is 16.2. The topological polar surface area (TPSA) is 55.8 Å². The van der Waals surface area contributed by atoms with E-state index < -0.39 is 11.6 Å². The fourth-order valence-corrected chi connectivity index (χ4v) is 3.24. The van der Waals surface area contributed by atoms with Crippen molar-refractivity contribution < 1.29 is 19.4 Å². The number of methoxy groups -OCH3 is 2. The minimum absolute atomic E-state index is 0.254. The number of ether oxygens (including phenoxy) is 2. The molecule has 1 aliphatic carbocycles. The molecule has 0 bridgehead atoms. The van der Waals surface area contributed by atoms with Gasteiger partial charge in [0.1, 0.15) is 5.75 Å². The molecule has 1 saturated carbocycles. The Balaban J connectivity index is 2.09. The number of aliphatic hydroxyl groups is 1. The van der Waals surface area contributed by atoms with Gasteiger partial charge in [0.2, 0.25) is 0 Å². The van der Waals surface area contributed by atoms with Crippen LogP contribution in [0.1, 0.15) is 31.2 Å². The van der Waals surface area contributed by atoms with Gasteiger partial charge in [0.15, 0.2) is 5.60 Å². The lowest BCUT2D eigenvalue weighted by molar-refractivity contribution is -0.170. The van der Waals surface area contributed by atoms with E-state index in [1.54, 1.807) is 7.11 Å². The fraction of sp³-hybridized carbons (Fsp3) is 0.500. The van der Waals surface area contributed by atoms with Crippen molar-refractivity contribution in [1.82, 2.24) is 0 Å². The van der Waals surface area contributed by atoms with E-state index in [4.69, 9.17) is 9.47 Å². The first-order valence-corrected chi connectivity index (χ1v) is 7.62. The second-order valence-corrected chi connectivity index (χ2v) is 5.87. The zero-order valence-electron chi connectivity index (χ0n) is 13.3. The molecule has 2 atom stereocenters. The van der Waals surface area contributed by atoms with Crippen molar-refractivity contribution in [3.63, 3.8) is 0 Å². The number of carbonyl (C=O) groups is 1. The van der Waals surface area contributed by atoms with Gasteiger partial charge in [0.25, 0.3) is 0 Å². The summed E-state index contributed by atoms with van der Waals surface area (Å²) in [6.45, 7) is 4.06. The first kappa shape index (κ1) is 16.6. The van der Waals surface area contributed by atoms with Gasteiger partial charge in [-0.15, -0.1) is 0 Å². The van der Waals surface area contributed by atoms with Gasteiger partial charge in [-0.1, -0.05) is 24.3 Å². The van der Waals surface area contributed by atoms with Crippen molar-refractivity contribution in [1.29, 1.82) is 0 Å². The fourth-order valence-electron chi connectivity index (χ4n) is 3.24. The van der Waals surface area contributed by atoms with Crippen LogP contribution in [0.5, 0.6) is 5.75 Å². The van der Waals surface area contributed by atoms with Gasteiger partial charge in [0, 0.05) is 5.92 Å². The number of aryl methyl sites for hydroxylation is 1. The second-order valence-electron chi connectivity index (χ2n) is 5.87. The predicted molar refractivity (Wildman–Crippen MR) is 84.8 cm³/mol. The van der Waals surface area contributed by atoms with Crippen LogP contribution in [0.25, 0.3) is 0 Å². The Bertz CT molecular complexity index is 535. The molecule has 120 valence electrons. The minimum Gasteiger partial charge on any atom is -0.497 e. The molecule has 4 heteroatoms. The van der Waals surface area contributed by atoms with Crippen LogP contribution in [0.3, 0.4) is 0 Å². The molecule has 0 saturated heterocycles. The summed E-state index contributed by atoms with van der Waals surface area (Å²) in [5.74, 6) is 0.0146. The maximum atomic E-state index is 12.0.